The molecule has 0 saturated carbocycles. The summed E-state index contributed by atoms with van der Waals surface area (Å²) in [6.45, 7) is 5.33. The van der Waals surface area contributed by atoms with Gasteiger partial charge in [-0.1, -0.05) is 12.1 Å². The molecule has 0 radical (unpaired) electrons. The van der Waals surface area contributed by atoms with E-state index in [0.29, 0.717) is 16.9 Å². The highest BCUT2D eigenvalue weighted by molar-refractivity contribution is 6.05. The lowest BCUT2D eigenvalue weighted by Gasteiger charge is -2.12. The highest BCUT2D eigenvalue weighted by Crippen LogP contribution is 2.23. The third-order valence-electron chi connectivity index (χ3n) is 3.30. The molecule has 0 unspecified atom stereocenters. The molecule has 2 rings (SSSR count). The zero-order valence-corrected chi connectivity index (χ0v) is 11.8. The lowest BCUT2D eigenvalue weighted by molar-refractivity contribution is 0.102. The number of carbonyl (C=O) groups is 1. The van der Waals surface area contributed by atoms with Crippen molar-refractivity contribution in [2.75, 3.05) is 11.1 Å². The third-order valence-corrected chi connectivity index (χ3v) is 3.30. The Kier molecular flexibility index (Phi) is 3.74. The molecule has 104 valence electrons. The van der Waals surface area contributed by atoms with Crippen molar-refractivity contribution in [3.63, 3.8) is 0 Å². The fourth-order valence-electron chi connectivity index (χ4n) is 1.99. The summed E-state index contributed by atoms with van der Waals surface area (Å²) < 4.78 is 13.9. The Morgan fingerprint density at radius 2 is 1.80 bits per heavy atom. The zero-order chi connectivity index (χ0) is 14.9. The van der Waals surface area contributed by atoms with Crippen LogP contribution in [-0.2, 0) is 0 Å². The highest BCUT2D eigenvalue weighted by Gasteiger charge is 2.14. The molecule has 0 aromatic heterocycles. The normalized spacial score (nSPS) is 10.4. The summed E-state index contributed by atoms with van der Waals surface area (Å²) in [5.41, 5.74) is 9.31. The summed E-state index contributed by atoms with van der Waals surface area (Å²) >= 11 is 0. The van der Waals surface area contributed by atoms with Crippen LogP contribution in [0.15, 0.2) is 30.3 Å². The van der Waals surface area contributed by atoms with Crippen LogP contribution in [0.3, 0.4) is 0 Å². The van der Waals surface area contributed by atoms with E-state index in [-0.39, 0.29) is 5.56 Å². The van der Waals surface area contributed by atoms with E-state index in [1.54, 1.807) is 31.2 Å². The number of nitrogens with two attached hydrogens (primary N) is 1. The Hall–Kier alpha value is -2.36. The second kappa shape index (κ2) is 5.33. The van der Waals surface area contributed by atoms with Crippen LogP contribution < -0.4 is 11.1 Å². The molecule has 4 heteroatoms. The van der Waals surface area contributed by atoms with E-state index in [1.807, 2.05) is 13.8 Å². The number of carbonyl (C=O) groups excluding carboxylic acids is 1. The average Bonchev–Trinajstić information content (AvgIpc) is 2.39. The van der Waals surface area contributed by atoms with Gasteiger partial charge in [0.15, 0.2) is 0 Å². The van der Waals surface area contributed by atoms with Gasteiger partial charge in [0, 0.05) is 11.4 Å². The first-order chi connectivity index (χ1) is 9.40. The van der Waals surface area contributed by atoms with Gasteiger partial charge >= 0.3 is 0 Å². The summed E-state index contributed by atoms with van der Waals surface area (Å²) in [7, 11) is 0. The first-order valence-electron chi connectivity index (χ1n) is 6.33. The first-order valence-corrected chi connectivity index (χ1v) is 6.33. The van der Waals surface area contributed by atoms with Crippen molar-refractivity contribution in [2.45, 2.75) is 20.8 Å². The molecule has 0 bridgehead atoms. The Bertz CT molecular complexity index is 680. The number of hydrogen-bond donors (Lipinski definition) is 2. The molecular weight excluding hydrogens is 255 g/mol. The second-order valence-corrected chi connectivity index (χ2v) is 4.91. The van der Waals surface area contributed by atoms with Gasteiger partial charge in [0.05, 0.1) is 5.56 Å². The molecule has 0 aliphatic rings. The number of amides is 1. The maximum absolute atomic E-state index is 13.9. The van der Waals surface area contributed by atoms with E-state index in [1.165, 1.54) is 6.07 Å². The van der Waals surface area contributed by atoms with E-state index in [9.17, 15) is 9.18 Å². The monoisotopic (exact) mass is 272 g/mol. The average molecular weight is 272 g/mol. The first kappa shape index (κ1) is 14.1. The fraction of sp³-hybridized carbons (Fsp3) is 0.188. The summed E-state index contributed by atoms with van der Waals surface area (Å²) in [6.07, 6.45) is 0. The van der Waals surface area contributed by atoms with Crippen LogP contribution in [0.1, 0.15) is 27.0 Å². The number of nitrogen functional groups attached to an aromatic ring is 1. The molecule has 0 aliphatic carbocycles. The Morgan fingerprint density at radius 3 is 2.50 bits per heavy atom. The van der Waals surface area contributed by atoms with Gasteiger partial charge in [-0.05, 0) is 55.7 Å². The predicted octanol–water partition coefficient (Wildman–Crippen LogP) is 3.59. The van der Waals surface area contributed by atoms with Crippen LogP contribution in [0.2, 0.25) is 0 Å². The maximum atomic E-state index is 13.9. The van der Waals surface area contributed by atoms with E-state index in [2.05, 4.69) is 5.32 Å². The van der Waals surface area contributed by atoms with Crippen LogP contribution in [0, 0.1) is 26.6 Å². The number of nitrogens with one attached hydrogen (secondary N) is 1. The lowest BCUT2D eigenvalue weighted by Crippen LogP contribution is -2.15. The minimum absolute atomic E-state index is 0.0406. The van der Waals surface area contributed by atoms with Crippen molar-refractivity contribution in [2.24, 2.45) is 0 Å². The van der Waals surface area contributed by atoms with Crippen molar-refractivity contribution in [1.82, 2.24) is 0 Å². The predicted molar refractivity (Wildman–Crippen MR) is 79.4 cm³/mol. The minimum atomic E-state index is -0.491. The molecule has 0 saturated heterocycles. The Balaban J connectivity index is 2.33. The van der Waals surface area contributed by atoms with Gasteiger partial charge in [0.25, 0.3) is 5.91 Å². The SMILES string of the molecule is Cc1cc(NC(=O)c2cccc(C)c2F)c(C)cc1N. The lowest BCUT2D eigenvalue weighted by atomic mass is 10.1. The number of halogens is 1. The van der Waals surface area contributed by atoms with Crippen molar-refractivity contribution in [3.05, 3.63) is 58.4 Å². The molecule has 3 nitrogen and oxygen atoms in total. The second-order valence-electron chi connectivity index (χ2n) is 4.91. The number of rotatable bonds is 2. The van der Waals surface area contributed by atoms with Crippen LogP contribution in [0.4, 0.5) is 15.8 Å². The third kappa shape index (κ3) is 2.64. The van der Waals surface area contributed by atoms with Crippen LogP contribution in [-0.4, -0.2) is 5.91 Å². The van der Waals surface area contributed by atoms with Crippen LogP contribution in [0.5, 0.6) is 0 Å². The van der Waals surface area contributed by atoms with Crippen molar-refractivity contribution >= 4 is 17.3 Å². The van der Waals surface area contributed by atoms with E-state index in [0.717, 1.165) is 11.1 Å². The number of benzene rings is 2. The molecule has 0 aliphatic heterocycles. The minimum Gasteiger partial charge on any atom is -0.399 e. The summed E-state index contributed by atoms with van der Waals surface area (Å²) in [6, 6.07) is 8.34. The molecule has 3 N–H and O–H groups in total. The summed E-state index contributed by atoms with van der Waals surface area (Å²) in [5.74, 6) is -0.951. The van der Waals surface area contributed by atoms with Crippen molar-refractivity contribution in [1.29, 1.82) is 0 Å². The van der Waals surface area contributed by atoms with Gasteiger partial charge in [0.2, 0.25) is 0 Å². The van der Waals surface area contributed by atoms with E-state index < -0.39 is 11.7 Å². The van der Waals surface area contributed by atoms with Gasteiger partial charge in [-0.2, -0.15) is 0 Å². The molecule has 2 aromatic rings. The fourth-order valence-corrected chi connectivity index (χ4v) is 1.99. The molecule has 0 spiro atoms. The van der Waals surface area contributed by atoms with Gasteiger partial charge in [-0.3, -0.25) is 4.79 Å². The van der Waals surface area contributed by atoms with Gasteiger partial charge < -0.3 is 11.1 Å². The van der Waals surface area contributed by atoms with Crippen molar-refractivity contribution in [3.8, 4) is 0 Å². The summed E-state index contributed by atoms with van der Waals surface area (Å²) in [4.78, 5) is 12.2. The standard InChI is InChI=1S/C16H17FN2O/c1-9-5-4-6-12(15(9)17)16(20)19-14-8-10(2)13(18)7-11(14)3/h4-8H,18H2,1-3H3,(H,19,20). The number of aryl methyl sites for hydroxylation is 3. The molecular formula is C16H17FN2O. The van der Waals surface area contributed by atoms with Crippen LogP contribution >= 0.6 is 0 Å². The van der Waals surface area contributed by atoms with E-state index in [4.69, 9.17) is 5.73 Å². The Morgan fingerprint density at radius 1 is 1.10 bits per heavy atom. The van der Waals surface area contributed by atoms with Crippen LogP contribution in [0.25, 0.3) is 0 Å². The summed E-state index contributed by atoms with van der Waals surface area (Å²) in [5, 5.41) is 2.73. The molecule has 20 heavy (non-hydrogen) atoms. The van der Waals surface area contributed by atoms with Gasteiger partial charge in [0.1, 0.15) is 5.82 Å². The maximum Gasteiger partial charge on any atom is 0.258 e. The Labute approximate surface area is 117 Å². The molecule has 0 atom stereocenters. The zero-order valence-electron chi connectivity index (χ0n) is 11.8. The van der Waals surface area contributed by atoms with Gasteiger partial charge in [-0.15, -0.1) is 0 Å². The molecule has 0 fully saturated rings. The highest BCUT2D eigenvalue weighted by atomic mass is 19.1. The molecule has 1 amide bonds. The largest absolute Gasteiger partial charge is 0.399 e. The van der Waals surface area contributed by atoms with E-state index >= 15 is 0 Å². The smallest absolute Gasteiger partial charge is 0.258 e. The molecule has 2 aromatic carbocycles. The van der Waals surface area contributed by atoms with Crippen molar-refractivity contribution < 1.29 is 9.18 Å². The quantitative estimate of drug-likeness (QED) is 0.821. The number of hydrogen-bond acceptors (Lipinski definition) is 2. The topological polar surface area (TPSA) is 55.1 Å². The van der Waals surface area contributed by atoms with Gasteiger partial charge in [-0.25, -0.2) is 4.39 Å². The molecule has 0 heterocycles. The number of anilines is 2.